The molecule has 0 radical (unpaired) electrons. The maximum Gasteiger partial charge on any atom is 0.156 e. The average molecular weight is 259 g/mol. The van der Waals surface area contributed by atoms with Crippen LogP contribution in [0.2, 0.25) is 0 Å². The Morgan fingerprint density at radius 1 is 1.47 bits per heavy atom. The Hall–Kier alpha value is -1.43. The van der Waals surface area contributed by atoms with E-state index in [0.717, 1.165) is 6.26 Å². The van der Waals surface area contributed by atoms with E-state index >= 15 is 0 Å². The van der Waals surface area contributed by atoms with Crippen LogP contribution < -0.4 is 0 Å². The number of nitrogens with zero attached hydrogens (tertiary/aromatic N) is 1. The highest BCUT2D eigenvalue weighted by atomic mass is 32.2. The molecular weight excluding hydrogens is 245 g/mol. The first-order chi connectivity index (χ1) is 7.91. The van der Waals surface area contributed by atoms with Crippen LogP contribution in [0.25, 0.3) is 0 Å². The van der Waals surface area contributed by atoms with Gasteiger partial charge < -0.3 is 5.21 Å². The third kappa shape index (κ3) is 3.03. The number of halogens is 1. The van der Waals surface area contributed by atoms with E-state index in [1.54, 1.807) is 13.0 Å². The van der Waals surface area contributed by atoms with E-state index in [-0.39, 0.29) is 17.7 Å². The molecule has 0 saturated heterocycles. The highest BCUT2D eigenvalue weighted by Crippen LogP contribution is 2.16. The molecule has 1 rings (SSSR count). The van der Waals surface area contributed by atoms with E-state index in [2.05, 4.69) is 5.16 Å². The van der Waals surface area contributed by atoms with Crippen molar-refractivity contribution in [2.75, 3.05) is 6.26 Å². The standard InChI is InChI=1S/C11H14FNO3S/c1-3-10(17(2,15)16)11(13-14)8-6-4-5-7-9(8)12/h4-7,10,14H,3H2,1-2H3. The summed E-state index contributed by atoms with van der Waals surface area (Å²) in [4.78, 5) is 0. The van der Waals surface area contributed by atoms with Crippen molar-refractivity contribution in [3.05, 3.63) is 35.6 Å². The summed E-state index contributed by atoms with van der Waals surface area (Å²) in [7, 11) is -3.45. The number of hydrogen-bond acceptors (Lipinski definition) is 4. The fourth-order valence-corrected chi connectivity index (χ4v) is 2.84. The molecule has 0 fully saturated rings. The van der Waals surface area contributed by atoms with Gasteiger partial charge in [0.25, 0.3) is 0 Å². The number of hydrogen-bond donors (Lipinski definition) is 1. The number of sulfone groups is 1. The fourth-order valence-electron chi connectivity index (χ4n) is 1.66. The minimum absolute atomic E-state index is 0.00674. The molecule has 17 heavy (non-hydrogen) atoms. The van der Waals surface area contributed by atoms with Gasteiger partial charge in [0.2, 0.25) is 0 Å². The van der Waals surface area contributed by atoms with Gasteiger partial charge in [0, 0.05) is 11.8 Å². The zero-order valence-electron chi connectivity index (χ0n) is 9.59. The maximum atomic E-state index is 13.5. The smallest absolute Gasteiger partial charge is 0.156 e. The second-order valence-corrected chi connectivity index (χ2v) is 5.92. The predicted octanol–water partition coefficient (Wildman–Crippen LogP) is 1.83. The summed E-state index contributed by atoms with van der Waals surface area (Å²) < 4.78 is 36.6. The Labute approximate surface area is 99.7 Å². The van der Waals surface area contributed by atoms with Crippen LogP contribution in [0.1, 0.15) is 18.9 Å². The second-order valence-electron chi connectivity index (χ2n) is 3.69. The molecule has 0 bridgehead atoms. The van der Waals surface area contributed by atoms with Gasteiger partial charge in [-0.15, -0.1) is 0 Å². The maximum absolute atomic E-state index is 13.5. The number of rotatable bonds is 4. The molecule has 0 aliphatic carbocycles. The molecule has 4 nitrogen and oxygen atoms in total. The first kappa shape index (κ1) is 13.6. The largest absolute Gasteiger partial charge is 0.411 e. The third-order valence-corrected chi connectivity index (χ3v) is 4.04. The van der Waals surface area contributed by atoms with E-state index in [4.69, 9.17) is 5.21 Å². The lowest BCUT2D eigenvalue weighted by atomic mass is 10.1. The van der Waals surface area contributed by atoms with Crippen molar-refractivity contribution >= 4 is 15.5 Å². The Morgan fingerprint density at radius 2 is 2.06 bits per heavy atom. The summed E-state index contributed by atoms with van der Waals surface area (Å²) in [5, 5.41) is 10.9. The molecule has 1 aromatic rings. The zero-order valence-corrected chi connectivity index (χ0v) is 10.4. The highest BCUT2D eigenvalue weighted by molar-refractivity contribution is 7.92. The molecule has 6 heteroatoms. The summed E-state index contributed by atoms with van der Waals surface area (Å²) in [6.45, 7) is 1.64. The van der Waals surface area contributed by atoms with E-state index in [0.29, 0.717) is 0 Å². The first-order valence-electron chi connectivity index (χ1n) is 5.07. The van der Waals surface area contributed by atoms with Crippen LogP contribution in [0, 0.1) is 5.82 Å². The molecule has 0 heterocycles. The summed E-state index contributed by atoms with van der Waals surface area (Å²) in [5.41, 5.74) is -0.152. The first-order valence-corrected chi connectivity index (χ1v) is 7.03. The molecule has 1 N–H and O–H groups in total. The molecule has 0 aliphatic heterocycles. The van der Waals surface area contributed by atoms with Gasteiger partial charge in [0.05, 0.1) is 0 Å². The summed E-state index contributed by atoms with van der Waals surface area (Å²) >= 11 is 0. The van der Waals surface area contributed by atoms with Crippen molar-refractivity contribution in [1.82, 2.24) is 0 Å². The fraction of sp³-hybridized carbons (Fsp3) is 0.364. The molecule has 0 aliphatic rings. The third-order valence-electron chi connectivity index (χ3n) is 2.45. The van der Waals surface area contributed by atoms with Gasteiger partial charge in [-0.25, -0.2) is 12.8 Å². The lowest BCUT2D eigenvalue weighted by Gasteiger charge is -2.15. The highest BCUT2D eigenvalue weighted by Gasteiger charge is 2.28. The normalized spacial score (nSPS) is 14.6. The molecule has 1 atom stereocenters. The molecule has 0 saturated carbocycles. The molecule has 94 valence electrons. The predicted molar refractivity (Wildman–Crippen MR) is 63.6 cm³/mol. The number of oxime groups is 1. The lowest BCUT2D eigenvalue weighted by molar-refractivity contribution is 0.317. The van der Waals surface area contributed by atoms with E-state index in [9.17, 15) is 12.8 Å². The Kier molecular flexibility index (Phi) is 4.22. The van der Waals surface area contributed by atoms with E-state index < -0.39 is 20.9 Å². The Balaban J connectivity index is 3.31. The quantitative estimate of drug-likeness (QED) is 0.509. The van der Waals surface area contributed by atoms with Crippen LogP contribution in [-0.2, 0) is 9.84 Å². The van der Waals surface area contributed by atoms with Crippen molar-refractivity contribution in [3.8, 4) is 0 Å². The van der Waals surface area contributed by atoms with Gasteiger partial charge in [-0.1, -0.05) is 30.3 Å². The Morgan fingerprint density at radius 3 is 2.47 bits per heavy atom. The molecule has 0 amide bonds. The van der Waals surface area contributed by atoms with E-state index in [1.807, 2.05) is 0 Å². The molecule has 0 aromatic heterocycles. The van der Waals surface area contributed by atoms with Gasteiger partial charge in [-0.2, -0.15) is 0 Å². The minimum Gasteiger partial charge on any atom is -0.411 e. The number of benzene rings is 1. The Bertz CT molecular complexity index is 525. The molecular formula is C11H14FNO3S. The average Bonchev–Trinajstić information content (AvgIpc) is 2.25. The van der Waals surface area contributed by atoms with Crippen molar-refractivity contribution in [3.63, 3.8) is 0 Å². The van der Waals surface area contributed by atoms with Crippen molar-refractivity contribution < 1.29 is 18.0 Å². The van der Waals surface area contributed by atoms with Crippen LogP contribution in [0.3, 0.4) is 0 Å². The van der Waals surface area contributed by atoms with Crippen LogP contribution in [0.5, 0.6) is 0 Å². The zero-order chi connectivity index (χ0) is 13.1. The molecule has 1 unspecified atom stereocenters. The van der Waals surface area contributed by atoms with Crippen LogP contribution >= 0.6 is 0 Å². The van der Waals surface area contributed by atoms with Gasteiger partial charge >= 0.3 is 0 Å². The van der Waals surface area contributed by atoms with Gasteiger partial charge in [0.1, 0.15) is 16.8 Å². The van der Waals surface area contributed by atoms with Crippen molar-refractivity contribution in [2.45, 2.75) is 18.6 Å². The van der Waals surface area contributed by atoms with Crippen LogP contribution in [-0.4, -0.2) is 30.8 Å². The topological polar surface area (TPSA) is 66.7 Å². The van der Waals surface area contributed by atoms with Crippen molar-refractivity contribution in [2.24, 2.45) is 5.16 Å². The van der Waals surface area contributed by atoms with Gasteiger partial charge in [0.15, 0.2) is 9.84 Å². The summed E-state index contributed by atoms with van der Waals surface area (Å²) in [6.07, 6.45) is 1.25. The summed E-state index contributed by atoms with van der Waals surface area (Å²) in [5.74, 6) is -0.609. The summed E-state index contributed by atoms with van der Waals surface area (Å²) in [6, 6.07) is 5.61. The molecule has 0 spiro atoms. The van der Waals surface area contributed by atoms with E-state index in [1.165, 1.54) is 18.2 Å². The van der Waals surface area contributed by atoms with Crippen molar-refractivity contribution in [1.29, 1.82) is 0 Å². The monoisotopic (exact) mass is 259 g/mol. The molecule has 1 aromatic carbocycles. The van der Waals surface area contributed by atoms with Crippen LogP contribution in [0.15, 0.2) is 29.4 Å². The lowest BCUT2D eigenvalue weighted by Crippen LogP contribution is -2.30. The minimum atomic E-state index is -3.45. The SMILES string of the molecule is CCC(C(=NO)c1ccccc1F)S(C)(=O)=O. The van der Waals surface area contributed by atoms with Gasteiger partial charge in [-0.3, -0.25) is 0 Å². The van der Waals surface area contributed by atoms with Gasteiger partial charge in [-0.05, 0) is 12.5 Å². The van der Waals surface area contributed by atoms with Crippen LogP contribution in [0.4, 0.5) is 4.39 Å². The second kappa shape index (κ2) is 5.27.